The Kier molecular flexibility index (Phi) is 5.30. The highest BCUT2D eigenvalue weighted by molar-refractivity contribution is 5.74. The third-order valence-corrected chi connectivity index (χ3v) is 3.05. The van der Waals surface area contributed by atoms with Crippen LogP contribution in [0.3, 0.4) is 0 Å². The molecule has 0 amide bonds. The minimum atomic E-state index is -0.488. The van der Waals surface area contributed by atoms with Crippen LogP contribution in [0.5, 0.6) is 5.75 Å². The molecular weight excluding hydrogens is 255 g/mol. The number of rotatable bonds is 7. The fourth-order valence-electron chi connectivity index (χ4n) is 1.97. The molecule has 0 heterocycles. The number of aldehydes is 1. The molecular formula is C17H17FO2. The van der Waals surface area contributed by atoms with E-state index in [1.165, 1.54) is 17.7 Å². The highest BCUT2D eigenvalue weighted by Gasteiger charge is 2.04. The molecule has 0 aliphatic heterocycles. The van der Waals surface area contributed by atoms with E-state index in [-0.39, 0.29) is 5.75 Å². The summed E-state index contributed by atoms with van der Waals surface area (Å²) < 4.78 is 18.9. The topological polar surface area (TPSA) is 26.3 Å². The summed E-state index contributed by atoms with van der Waals surface area (Å²) >= 11 is 0. The van der Waals surface area contributed by atoms with Crippen molar-refractivity contribution < 1.29 is 13.9 Å². The molecule has 2 aromatic rings. The van der Waals surface area contributed by atoms with Gasteiger partial charge in [0.05, 0.1) is 6.61 Å². The average Bonchev–Trinajstić information content (AvgIpc) is 2.49. The summed E-state index contributed by atoms with van der Waals surface area (Å²) in [6, 6.07) is 14.5. The molecule has 0 aromatic heterocycles. The van der Waals surface area contributed by atoms with Crippen LogP contribution in [0, 0.1) is 5.82 Å². The molecule has 0 bridgehead atoms. The normalized spacial score (nSPS) is 10.2. The molecule has 20 heavy (non-hydrogen) atoms. The van der Waals surface area contributed by atoms with Crippen LogP contribution in [0.1, 0.15) is 28.8 Å². The minimum Gasteiger partial charge on any atom is -0.491 e. The van der Waals surface area contributed by atoms with Gasteiger partial charge in [-0.15, -0.1) is 0 Å². The van der Waals surface area contributed by atoms with Gasteiger partial charge in [0.25, 0.3) is 0 Å². The molecule has 0 radical (unpaired) electrons. The lowest BCUT2D eigenvalue weighted by Gasteiger charge is -2.07. The Bertz CT molecular complexity index is 552. The molecule has 2 rings (SSSR count). The van der Waals surface area contributed by atoms with Gasteiger partial charge in [-0.3, -0.25) is 4.79 Å². The van der Waals surface area contributed by atoms with Crippen LogP contribution >= 0.6 is 0 Å². The first-order valence-corrected chi connectivity index (χ1v) is 6.71. The van der Waals surface area contributed by atoms with Crippen molar-refractivity contribution in [3.63, 3.8) is 0 Å². The number of unbranched alkanes of at least 4 members (excludes halogenated alkanes) is 1. The summed E-state index contributed by atoms with van der Waals surface area (Å²) in [6.45, 7) is 0.476. The second-order valence-corrected chi connectivity index (χ2v) is 4.60. The van der Waals surface area contributed by atoms with E-state index in [0.29, 0.717) is 18.5 Å². The molecule has 3 heteroatoms. The fourth-order valence-corrected chi connectivity index (χ4v) is 1.97. The highest BCUT2D eigenvalue weighted by atomic mass is 19.1. The second-order valence-electron chi connectivity index (χ2n) is 4.60. The molecule has 2 nitrogen and oxygen atoms in total. The molecule has 0 unspecified atom stereocenters. The molecule has 0 saturated carbocycles. The standard InChI is InChI=1S/C17H17FO2/c18-16-12-15(13-19)9-10-17(16)20-11-5-4-8-14-6-2-1-3-7-14/h1-3,6-7,9-10,12-13H,4-5,8,11H2. The van der Waals surface area contributed by atoms with Gasteiger partial charge >= 0.3 is 0 Å². The van der Waals surface area contributed by atoms with Crippen molar-refractivity contribution in [1.29, 1.82) is 0 Å². The van der Waals surface area contributed by atoms with Crippen molar-refractivity contribution in [2.75, 3.05) is 6.61 Å². The Morgan fingerprint density at radius 1 is 1.05 bits per heavy atom. The summed E-state index contributed by atoms with van der Waals surface area (Å²) in [6.07, 6.45) is 3.48. The van der Waals surface area contributed by atoms with Crippen LogP contribution in [0.4, 0.5) is 4.39 Å². The highest BCUT2D eigenvalue weighted by Crippen LogP contribution is 2.18. The number of carbonyl (C=O) groups is 1. The van der Waals surface area contributed by atoms with Crippen LogP contribution in [-0.4, -0.2) is 12.9 Å². The van der Waals surface area contributed by atoms with E-state index in [1.807, 2.05) is 18.2 Å². The lowest BCUT2D eigenvalue weighted by molar-refractivity contribution is 0.112. The van der Waals surface area contributed by atoms with E-state index >= 15 is 0 Å². The predicted octanol–water partition coefficient (Wildman–Crippen LogP) is 4.04. The summed E-state index contributed by atoms with van der Waals surface area (Å²) in [5.41, 5.74) is 1.62. The number of carbonyl (C=O) groups excluding carboxylic acids is 1. The van der Waals surface area contributed by atoms with Gasteiger partial charge in [0.1, 0.15) is 6.29 Å². The van der Waals surface area contributed by atoms with E-state index in [4.69, 9.17) is 4.74 Å². The van der Waals surface area contributed by atoms with Crippen LogP contribution < -0.4 is 4.74 Å². The van der Waals surface area contributed by atoms with E-state index in [1.54, 1.807) is 6.07 Å². The van der Waals surface area contributed by atoms with Gasteiger partial charge in [-0.2, -0.15) is 0 Å². The maximum Gasteiger partial charge on any atom is 0.165 e. The van der Waals surface area contributed by atoms with E-state index < -0.39 is 5.82 Å². The quantitative estimate of drug-likeness (QED) is 0.561. The van der Waals surface area contributed by atoms with Gasteiger partial charge in [-0.05, 0) is 43.0 Å². The van der Waals surface area contributed by atoms with Crippen molar-refractivity contribution >= 4 is 6.29 Å². The number of aryl methyl sites for hydroxylation is 1. The molecule has 0 saturated heterocycles. The summed E-state index contributed by atoms with van der Waals surface area (Å²) in [7, 11) is 0. The number of hydrogen-bond donors (Lipinski definition) is 0. The van der Waals surface area contributed by atoms with Gasteiger partial charge in [0.15, 0.2) is 11.6 Å². The zero-order valence-electron chi connectivity index (χ0n) is 11.2. The van der Waals surface area contributed by atoms with Gasteiger partial charge in [-0.25, -0.2) is 4.39 Å². The zero-order chi connectivity index (χ0) is 14.2. The van der Waals surface area contributed by atoms with Crippen molar-refractivity contribution in [2.45, 2.75) is 19.3 Å². The number of ether oxygens (including phenoxy) is 1. The average molecular weight is 272 g/mol. The van der Waals surface area contributed by atoms with Gasteiger partial charge in [-0.1, -0.05) is 30.3 Å². The van der Waals surface area contributed by atoms with Crippen LogP contribution in [0.25, 0.3) is 0 Å². The Morgan fingerprint density at radius 2 is 1.85 bits per heavy atom. The lowest BCUT2D eigenvalue weighted by Crippen LogP contribution is -2.00. The molecule has 0 spiro atoms. The first-order chi connectivity index (χ1) is 9.79. The first kappa shape index (κ1) is 14.3. The lowest BCUT2D eigenvalue weighted by atomic mass is 10.1. The minimum absolute atomic E-state index is 0.204. The Labute approximate surface area is 118 Å². The third-order valence-electron chi connectivity index (χ3n) is 3.05. The summed E-state index contributed by atoms with van der Waals surface area (Å²) in [5, 5.41) is 0. The van der Waals surface area contributed by atoms with Crippen LogP contribution in [0.2, 0.25) is 0 Å². The summed E-state index contributed by atoms with van der Waals surface area (Å²) in [4.78, 5) is 10.5. The SMILES string of the molecule is O=Cc1ccc(OCCCCc2ccccc2)c(F)c1. The predicted molar refractivity (Wildman–Crippen MR) is 76.7 cm³/mol. The Morgan fingerprint density at radius 3 is 2.55 bits per heavy atom. The number of benzene rings is 2. The molecule has 0 N–H and O–H groups in total. The van der Waals surface area contributed by atoms with Gasteiger partial charge in [0, 0.05) is 5.56 Å². The van der Waals surface area contributed by atoms with Crippen molar-refractivity contribution in [3.8, 4) is 5.75 Å². The van der Waals surface area contributed by atoms with Gasteiger partial charge < -0.3 is 4.74 Å². The molecule has 0 atom stereocenters. The first-order valence-electron chi connectivity index (χ1n) is 6.71. The fraction of sp³-hybridized carbons (Fsp3) is 0.235. The van der Waals surface area contributed by atoms with Crippen molar-refractivity contribution in [3.05, 3.63) is 65.5 Å². The molecule has 0 aliphatic carbocycles. The van der Waals surface area contributed by atoms with Gasteiger partial charge in [0.2, 0.25) is 0 Å². The molecule has 2 aromatic carbocycles. The number of hydrogen-bond acceptors (Lipinski definition) is 2. The maximum atomic E-state index is 13.5. The largest absolute Gasteiger partial charge is 0.491 e. The van der Waals surface area contributed by atoms with E-state index in [2.05, 4.69) is 12.1 Å². The summed E-state index contributed by atoms with van der Waals surface area (Å²) in [5.74, 6) is -0.284. The van der Waals surface area contributed by atoms with Crippen molar-refractivity contribution in [1.82, 2.24) is 0 Å². The Hall–Kier alpha value is -2.16. The molecule has 104 valence electrons. The Balaban J connectivity index is 1.72. The zero-order valence-corrected chi connectivity index (χ0v) is 11.2. The number of halogens is 1. The van der Waals surface area contributed by atoms with Crippen LogP contribution in [-0.2, 0) is 6.42 Å². The van der Waals surface area contributed by atoms with E-state index in [9.17, 15) is 9.18 Å². The maximum absolute atomic E-state index is 13.5. The van der Waals surface area contributed by atoms with Crippen LogP contribution in [0.15, 0.2) is 48.5 Å². The van der Waals surface area contributed by atoms with Crippen molar-refractivity contribution in [2.24, 2.45) is 0 Å². The monoisotopic (exact) mass is 272 g/mol. The molecule has 0 fully saturated rings. The van der Waals surface area contributed by atoms with E-state index in [0.717, 1.165) is 19.3 Å². The second kappa shape index (κ2) is 7.43. The smallest absolute Gasteiger partial charge is 0.165 e. The third kappa shape index (κ3) is 4.19. The molecule has 0 aliphatic rings.